The second-order valence-corrected chi connectivity index (χ2v) is 8.72. The molecule has 3 aromatic rings. The van der Waals surface area contributed by atoms with Gasteiger partial charge in [0, 0.05) is 21.3 Å². The Morgan fingerprint density at radius 2 is 1.33 bits per heavy atom. The Morgan fingerprint density at radius 1 is 0.800 bits per heavy atom. The molecule has 3 nitrogen and oxygen atoms in total. The maximum Gasteiger partial charge on any atom is 0.256 e. The summed E-state index contributed by atoms with van der Waals surface area (Å²) in [5.74, 6) is -0.496. The summed E-state index contributed by atoms with van der Waals surface area (Å²) in [6, 6.07) is 12.1. The Hall–Kier alpha value is -2.43. The van der Waals surface area contributed by atoms with Crippen LogP contribution in [0.2, 0.25) is 5.02 Å². The summed E-state index contributed by atoms with van der Waals surface area (Å²) in [6.45, 7) is 10.1. The fourth-order valence-corrected chi connectivity index (χ4v) is 4.05. The van der Waals surface area contributed by atoms with Crippen LogP contribution in [0.15, 0.2) is 46.9 Å². The minimum absolute atomic E-state index is 0.143. The van der Waals surface area contributed by atoms with E-state index in [1.807, 2.05) is 27.7 Å². The van der Waals surface area contributed by atoms with Gasteiger partial charge in [0.15, 0.2) is 5.78 Å². The van der Waals surface area contributed by atoms with Gasteiger partial charge in [0.25, 0.3) is 5.91 Å². The van der Waals surface area contributed by atoms with Gasteiger partial charge in [-0.3, -0.25) is 9.59 Å². The fraction of sp³-hybridized carbons (Fsp3) is 0.200. The minimum Gasteiger partial charge on any atom is -0.322 e. The van der Waals surface area contributed by atoms with Crippen LogP contribution >= 0.6 is 27.5 Å². The number of nitrogens with one attached hydrogen (secondary N) is 1. The molecular formula is C25H23BrClNO2. The van der Waals surface area contributed by atoms with E-state index in [2.05, 4.69) is 28.2 Å². The Kier molecular flexibility index (Phi) is 6.49. The van der Waals surface area contributed by atoms with Crippen LogP contribution in [0.3, 0.4) is 0 Å². The van der Waals surface area contributed by atoms with Gasteiger partial charge >= 0.3 is 0 Å². The van der Waals surface area contributed by atoms with E-state index in [1.165, 1.54) is 5.56 Å². The molecule has 0 aliphatic rings. The van der Waals surface area contributed by atoms with Gasteiger partial charge in [-0.05, 0) is 103 Å². The standard InChI is InChI=1S/C25H23BrClNO2/c1-13-14(2)16(4)23(17(5)15(13)3)24(29)19-8-6-7-9-20(19)25(30)28-18-10-11-21(26)22(27)12-18/h6-12H,1-5H3,(H,28,30). The van der Waals surface area contributed by atoms with E-state index >= 15 is 0 Å². The zero-order valence-electron chi connectivity index (χ0n) is 17.6. The third kappa shape index (κ3) is 4.07. The van der Waals surface area contributed by atoms with Crippen molar-refractivity contribution in [3.63, 3.8) is 0 Å². The SMILES string of the molecule is Cc1c(C)c(C)c(C(=O)c2ccccc2C(=O)Nc2ccc(Br)c(Cl)c2)c(C)c1C. The van der Waals surface area contributed by atoms with Gasteiger partial charge in [0.1, 0.15) is 0 Å². The van der Waals surface area contributed by atoms with E-state index in [0.29, 0.717) is 27.4 Å². The predicted octanol–water partition coefficient (Wildman–Crippen LogP) is 7.13. The van der Waals surface area contributed by atoms with Gasteiger partial charge in [0.2, 0.25) is 0 Å². The molecule has 0 aliphatic carbocycles. The molecular weight excluding hydrogens is 462 g/mol. The number of hydrogen-bond acceptors (Lipinski definition) is 2. The highest BCUT2D eigenvalue weighted by molar-refractivity contribution is 9.10. The number of halogens is 2. The van der Waals surface area contributed by atoms with Crippen molar-refractivity contribution in [1.82, 2.24) is 0 Å². The largest absolute Gasteiger partial charge is 0.322 e. The quantitative estimate of drug-likeness (QED) is 0.400. The normalized spacial score (nSPS) is 10.8. The van der Waals surface area contributed by atoms with Crippen LogP contribution < -0.4 is 5.32 Å². The summed E-state index contributed by atoms with van der Waals surface area (Å²) >= 11 is 9.47. The smallest absolute Gasteiger partial charge is 0.256 e. The monoisotopic (exact) mass is 483 g/mol. The first-order valence-corrected chi connectivity index (χ1v) is 10.8. The van der Waals surface area contributed by atoms with Crippen LogP contribution in [-0.4, -0.2) is 11.7 Å². The summed E-state index contributed by atoms with van der Waals surface area (Å²) < 4.78 is 0.744. The number of hydrogen-bond donors (Lipinski definition) is 1. The number of ketones is 1. The van der Waals surface area contributed by atoms with Crippen LogP contribution in [0.4, 0.5) is 5.69 Å². The number of carbonyl (C=O) groups is 2. The van der Waals surface area contributed by atoms with Crippen molar-refractivity contribution < 1.29 is 9.59 Å². The Labute approximate surface area is 190 Å². The highest BCUT2D eigenvalue weighted by Crippen LogP contribution is 2.29. The molecule has 30 heavy (non-hydrogen) atoms. The number of rotatable bonds is 4. The number of anilines is 1. The zero-order chi connectivity index (χ0) is 22.2. The second-order valence-electron chi connectivity index (χ2n) is 7.46. The van der Waals surface area contributed by atoms with Crippen LogP contribution in [-0.2, 0) is 0 Å². The third-order valence-electron chi connectivity index (χ3n) is 5.82. The van der Waals surface area contributed by atoms with Gasteiger partial charge in [-0.1, -0.05) is 29.8 Å². The first kappa shape index (κ1) is 22.3. The molecule has 0 fully saturated rings. The molecule has 0 unspecified atom stereocenters. The molecule has 3 aromatic carbocycles. The van der Waals surface area contributed by atoms with Crippen molar-refractivity contribution in [2.24, 2.45) is 0 Å². The molecule has 0 heterocycles. The van der Waals surface area contributed by atoms with Gasteiger partial charge < -0.3 is 5.32 Å². The number of benzene rings is 3. The molecule has 0 atom stereocenters. The Bertz CT molecular complexity index is 1160. The van der Waals surface area contributed by atoms with E-state index in [1.54, 1.807) is 42.5 Å². The second kappa shape index (κ2) is 8.75. The third-order valence-corrected chi connectivity index (χ3v) is 7.05. The maximum absolute atomic E-state index is 13.6. The van der Waals surface area contributed by atoms with Crippen molar-refractivity contribution in [3.8, 4) is 0 Å². The van der Waals surface area contributed by atoms with Gasteiger partial charge in [-0.15, -0.1) is 0 Å². The first-order chi connectivity index (χ1) is 14.1. The van der Waals surface area contributed by atoms with Crippen molar-refractivity contribution >= 4 is 44.9 Å². The van der Waals surface area contributed by atoms with Crippen molar-refractivity contribution in [2.45, 2.75) is 34.6 Å². The number of amides is 1. The van der Waals surface area contributed by atoms with Gasteiger partial charge in [-0.25, -0.2) is 0 Å². The lowest BCUT2D eigenvalue weighted by Crippen LogP contribution is -2.18. The Morgan fingerprint density at radius 3 is 1.90 bits per heavy atom. The van der Waals surface area contributed by atoms with Crippen LogP contribution in [0, 0.1) is 34.6 Å². The van der Waals surface area contributed by atoms with Gasteiger partial charge in [-0.2, -0.15) is 0 Å². The van der Waals surface area contributed by atoms with E-state index in [0.717, 1.165) is 26.7 Å². The molecule has 0 saturated heterocycles. The molecule has 5 heteroatoms. The highest BCUT2D eigenvalue weighted by Gasteiger charge is 2.23. The zero-order valence-corrected chi connectivity index (χ0v) is 20.0. The topological polar surface area (TPSA) is 46.2 Å². The summed E-state index contributed by atoms with van der Waals surface area (Å²) in [4.78, 5) is 26.6. The lowest BCUT2D eigenvalue weighted by Gasteiger charge is -2.19. The summed E-state index contributed by atoms with van der Waals surface area (Å²) in [7, 11) is 0. The minimum atomic E-state index is -0.354. The molecule has 0 saturated carbocycles. The molecule has 3 rings (SSSR count). The molecule has 0 bridgehead atoms. The van der Waals surface area contributed by atoms with E-state index in [4.69, 9.17) is 11.6 Å². The molecule has 1 amide bonds. The highest BCUT2D eigenvalue weighted by atomic mass is 79.9. The van der Waals surface area contributed by atoms with Gasteiger partial charge in [0.05, 0.1) is 10.6 Å². The maximum atomic E-state index is 13.6. The molecule has 0 aliphatic heterocycles. The summed E-state index contributed by atoms with van der Waals surface area (Å²) in [6.07, 6.45) is 0. The first-order valence-electron chi connectivity index (χ1n) is 9.60. The molecule has 0 radical (unpaired) electrons. The average Bonchev–Trinajstić information content (AvgIpc) is 2.73. The molecule has 0 spiro atoms. The van der Waals surface area contributed by atoms with E-state index in [9.17, 15) is 9.59 Å². The average molecular weight is 485 g/mol. The predicted molar refractivity (Wildman–Crippen MR) is 127 cm³/mol. The van der Waals surface area contributed by atoms with Crippen LogP contribution in [0.1, 0.15) is 54.1 Å². The van der Waals surface area contributed by atoms with Crippen molar-refractivity contribution in [3.05, 3.63) is 96.5 Å². The molecule has 154 valence electrons. The Balaban J connectivity index is 2.05. The van der Waals surface area contributed by atoms with Crippen LogP contribution in [0.25, 0.3) is 0 Å². The molecule has 0 aromatic heterocycles. The summed E-state index contributed by atoms with van der Waals surface area (Å²) in [5.41, 5.74) is 7.25. The van der Waals surface area contributed by atoms with Crippen molar-refractivity contribution in [2.75, 3.05) is 5.32 Å². The summed E-state index contributed by atoms with van der Waals surface area (Å²) in [5, 5.41) is 3.33. The lowest BCUT2D eigenvalue weighted by molar-refractivity contribution is 0.0995. The van der Waals surface area contributed by atoms with Crippen molar-refractivity contribution in [1.29, 1.82) is 0 Å². The van der Waals surface area contributed by atoms with E-state index in [-0.39, 0.29) is 11.7 Å². The van der Waals surface area contributed by atoms with E-state index < -0.39 is 0 Å². The lowest BCUT2D eigenvalue weighted by atomic mass is 9.85. The number of carbonyl (C=O) groups excluding carboxylic acids is 2. The molecule has 1 N–H and O–H groups in total. The van der Waals surface area contributed by atoms with Crippen LogP contribution in [0.5, 0.6) is 0 Å². The fourth-order valence-electron chi connectivity index (χ4n) is 3.63.